The number of benzene rings is 1. The normalized spacial score (nSPS) is 12.4. The van der Waals surface area contributed by atoms with Crippen molar-refractivity contribution >= 4 is 11.6 Å². The highest BCUT2D eigenvalue weighted by atomic mass is 16.5. The minimum Gasteiger partial charge on any atom is -0.497 e. The van der Waals surface area contributed by atoms with E-state index in [0.29, 0.717) is 13.0 Å². The van der Waals surface area contributed by atoms with Gasteiger partial charge in [0.2, 0.25) is 5.91 Å². The van der Waals surface area contributed by atoms with E-state index < -0.39 is 0 Å². The molecule has 2 aromatic heterocycles. The lowest BCUT2D eigenvalue weighted by Gasteiger charge is -2.25. The molecule has 0 saturated carbocycles. The lowest BCUT2D eigenvalue weighted by Crippen LogP contribution is -2.35. The zero-order valence-electron chi connectivity index (χ0n) is 17.2. The Labute approximate surface area is 166 Å². The predicted molar refractivity (Wildman–Crippen MR) is 111 cm³/mol. The van der Waals surface area contributed by atoms with E-state index in [1.54, 1.807) is 7.11 Å². The molecule has 1 unspecified atom stereocenters. The van der Waals surface area contributed by atoms with Crippen molar-refractivity contribution in [1.29, 1.82) is 0 Å². The van der Waals surface area contributed by atoms with Gasteiger partial charge in [-0.25, -0.2) is 4.98 Å². The van der Waals surface area contributed by atoms with Gasteiger partial charge in [0.15, 0.2) is 0 Å². The predicted octanol–water partition coefficient (Wildman–Crippen LogP) is 2.92. The van der Waals surface area contributed by atoms with Crippen molar-refractivity contribution < 1.29 is 9.53 Å². The molecular formula is C22H28N4O2. The number of pyridine rings is 1. The van der Waals surface area contributed by atoms with Crippen LogP contribution >= 0.6 is 0 Å². The number of imidazole rings is 1. The molecule has 28 heavy (non-hydrogen) atoms. The summed E-state index contributed by atoms with van der Waals surface area (Å²) in [4.78, 5) is 19.4. The van der Waals surface area contributed by atoms with E-state index in [1.807, 2.05) is 74.9 Å². The zero-order valence-corrected chi connectivity index (χ0v) is 17.2. The number of methoxy groups -OCH3 is 1. The Hall–Kier alpha value is -2.86. The lowest BCUT2D eigenvalue weighted by atomic mass is 10.1. The largest absolute Gasteiger partial charge is 0.497 e. The van der Waals surface area contributed by atoms with Gasteiger partial charge in [-0.2, -0.15) is 0 Å². The van der Waals surface area contributed by atoms with Crippen molar-refractivity contribution in [2.24, 2.45) is 0 Å². The van der Waals surface area contributed by atoms with Gasteiger partial charge >= 0.3 is 0 Å². The zero-order chi connectivity index (χ0) is 20.3. The van der Waals surface area contributed by atoms with Crippen LogP contribution in [0.1, 0.15) is 28.6 Å². The Bertz CT molecular complexity index is 961. The quantitative estimate of drug-likeness (QED) is 0.685. The number of nitrogens with zero attached hydrogens (tertiary/aromatic N) is 3. The molecule has 0 radical (unpaired) electrons. The van der Waals surface area contributed by atoms with Crippen LogP contribution in [0.25, 0.3) is 5.65 Å². The first-order valence-corrected chi connectivity index (χ1v) is 9.41. The van der Waals surface area contributed by atoms with Crippen LogP contribution in [0.2, 0.25) is 0 Å². The van der Waals surface area contributed by atoms with Crippen LogP contribution in [0.5, 0.6) is 5.75 Å². The summed E-state index contributed by atoms with van der Waals surface area (Å²) in [5.41, 5.74) is 4.97. The smallest absolute Gasteiger partial charge is 0.226 e. The molecule has 1 aromatic carbocycles. The van der Waals surface area contributed by atoms with Crippen molar-refractivity contribution in [3.8, 4) is 5.75 Å². The first kappa shape index (κ1) is 19.9. The maximum atomic E-state index is 12.7. The van der Waals surface area contributed by atoms with Gasteiger partial charge in [-0.1, -0.05) is 18.2 Å². The van der Waals surface area contributed by atoms with Gasteiger partial charge in [0.05, 0.1) is 31.0 Å². The molecule has 0 aliphatic heterocycles. The van der Waals surface area contributed by atoms with Gasteiger partial charge in [-0.15, -0.1) is 0 Å². The fourth-order valence-corrected chi connectivity index (χ4v) is 3.43. The highest BCUT2D eigenvalue weighted by Crippen LogP contribution is 2.21. The lowest BCUT2D eigenvalue weighted by molar-refractivity contribution is -0.120. The van der Waals surface area contributed by atoms with Gasteiger partial charge in [0.1, 0.15) is 11.4 Å². The van der Waals surface area contributed by atoms with Crippen molar-refractivity contribution in [3.63, 3.8) is 0 Å². The van der Waals surface area contributed by atoms with E-state index in [1.165, 1.54) is 0 Å². The fourth-order valence-electron chi connectivity index (χ4n) is 3.43. The van der Waals surface area contributed by atoms with Crippen molar-refractivity contribution in [3.05, 3.63) is 65.1 Å². The van der Waals surface area contributed by atoms with Gasteiger partial charge in [0, 0.05) is 12.7 Å². The van der Waals surface area contributed by atoms with E-state index in [4.69, 9.17) is 4.74 Å². The fraction of sp³-hybridized carbons (Fsp3) is 0.364. The Morgan fingerprint density at radius 3 is 2.57 bits per heavy atom. The monoisotopic (exact) mass is 380 g/mol. The maximum Gasteiger partial charge on any atom is 0.226 e. The summed E-state index contributed by atoms with van der Waals surface area (Å²) in [7, 11) is 5.68. The van der Waals surface area contributed by atoms with Crippen LogP contribution < -0.4 is 10.1 Å². The number of hydrogen-bond acceptors (Lipinski definition) is 4. The van der Waals surface area contributed by atoms with E-state index in [0.717, 1.165) is 33.9 Å². The van der Waals surface area contributed by atoms with Gasteiger partial charge in [-0.05, 0) is 57.3 Å². The molecule has 0 aliphatic rings. The second-order valence-corrected chi connectivity index (χ2v) is 7.26. The minimum absolute atomic E-state index is 0.00762. The molecule has 3 rings (SSSR count). The number of ether oxygens (including phenoxy) is 1. The summed E-state index contributed by atoms with van der Waals surface area (Å²) in [6, 6.07) is 12.1. The molecule has 0 aliphatic carbocycles. The van der Waals surface area contributed by atoms with Crippen LogP contribution in [0.3, 0.4) is 0 Å². The average Bonchev–Trinajstić information content (AvgIpc) is 2.99. The summed E-state index contributed by atoms with van der Waals surface area (Å²) < 4.78 is 7.24. The highest BCUT2D eigenvalue weighted by molar-refractivity contribution is 5.79. The Balaban J connectivity index is 1.70. The second kappa shape index (κ2) is 8.44. The van der Waals surface area contributed by atoms with Crippen LogP contribution in [-0.2, 0) is 11.2 Å². The van der Waals surface area contributed by atoms with Crippen LogP contribution in [0, 0.1) is 13.8 Å². The average molecular weight is 380 g/mol. The highest BCUT2D eigenvalue weighted by Gasteiger charge is 2.18. The number of amides is 1. The van der Waals surface area contributed by atoms with Gasteiger partial charge < -0.3 is 19.4 Å². The summed E-state index contributed by atoms with van der Waals surface area (Å²) in [6.07, 6.45) is 2.27. The summed E-state index contributed by atoms with van der Waals surface area (Å²) in [6.45, 7) is 4.52. The molecule has 1 N–H and O–H groups in total. The molecule has 3 aromatic rings. The summed E-state index contributed by atoms with van der Waals surface area (Å²) in [5, 5.41) is 3.08. The number of likely N-dealkylation sites (N-methyl/N-ethyl adjacent to an activating group) is 1. The SMILES string of the molecule is COc1ccc(C(CNC(=O)Cc2c(C)nc3c(C)cccn23)N(C)C)cc1. The molecule has 6 nitrogen and oxygen atoms in total. The second-order valence-electron chi connectivity index (χ2n) is 7.26. The first-order valence-electron chi connectivity index (χ1n) is 9.41. The van der Waals surface area contributed by atoms with Crippen LogP contribution in [0.15, 0.2) is 42.6 Å². The molecule has 0 spiro atoms. The van der Waals surface area contributed by atoms with E-state index in [9.17, 15) is 4.79 Å². The van der Waals surface area contributed by atoms with Gasteiger partial charge in [-0.3, -0.25) is 4.79 Å². The molecule has 0 fully saturated rings. The number of aryl methyl sites for hydroxylation is 2. The molecule has 0 bridgehead atoms. The maximum absolute atomic E-state index is 12.7. The molecule has 0 saturated heterocycles. The summed E-state index contributed by atoms with van der Waals surface area (Å²) >= 11 is 0. The number of fused-ring (bicyclic) bond motifs is 1. The third-order valence-electron chi connectivity index (χ3n) is 5.09. The van der Waals surface area contributed by atoms with Gasteiger partial charge in [0.25, 0.3) is 0 Å². The van der Waals surface area contributed by atoms with Crippen molar-refractivity contribution in [1.82, 2.24) is 19.6 Å². The third-order valence-corrected chi connectivity index (χ3v) is 5.09. The molecule has 1 amide bonds. The number of carbonyl (C=O) groups is 1. The standard InChI is InChI=1S/C22H28N4O2/c1-15-7-6-12-26-19(16(2)24-22(15)26)13-21(27)23-14-20(25(3)4)17-8-10-18(28-5)11-9-17/h6-12,20H,13-14H2,1-5H3,(H,23,27). The van der Waals surface area contributed by atoms with Crippen LogP contribution in [-0.4, -0.2) is 47.9 Å². The molecule has 1 atom stereocenters. The Morgan fingerprint density at radius 2 is 1.93 bits per heavy atom. The van der Waals surface area contributed by atoms with E-state index in [-0.39, 0.29) is 11.9 Å². The number of carbonyl (C=O) groups excluding carboxylic acids is 1. The Morgan fingerprint density at radius 1 is 1.21 bits per heavy atom. The summed E-state index contributed by atoms with van der Waals surface area (Å²) in [5.74, 6) is 0.815. The number of nitrogens with one attached hydrogen (secondary N) is 1. The molecular weight excluding hydrogens is 352 g/mol. The first-order chi connectivity index (χ1) is 13.4. The van der Waals surface area contributed by atoms with E-state index in [2.05, 4.69) is 15.2 Å². The number of aromatic nitrogens is 2. The van der Waals surface area contributed by atoms with Crippen molar-refractivity contribution in [2.75, 3.05) is 27.7 Å². The number of rotatable bonds is 7. The van der Waals surface area contributed by atoms with Crippen molar-refractivity contribution in [2.45, 2.75) is 26.3 Å². The topological polar surface area (TPSA) is 58.9 Å². The minimum atomic E-state index is -0.00762. The third kappa shape index (κ3) is 4.17. The molecule has 148 valence electrons. The molecule has 2 heterocycles. The van der Waals surface area contributed by atoms with E-state index >= 15 is 0 Å². The van der Waals surface area contributed by atoms with Crippen LogP contribution in [0.4, 0.5) is 0 Å². The Kier molecular flexibility index (Phi) is 5.99. The number of hydrogen-bond donors (Lipinski definition) is 1. The molecule has 6 heteroatoms.